The predicted molar refractivity (Wildman–Crippen MR) is 130 cm³/mol. The molecule has 4 nitrogen and oxygen atoms in total. The van der Waals surface area contributed by atoms with Gasteiger partial charge in [-0.1, -0.05) is 82.7 Å². The second-order valence-corrected chi connectivity index (χ2v) is 8.60. The van der Waals surface area contributed by atoms with Gasteiger partial charge in [-0.15, -0.1) is 0 Å². The van der Waals surface area contributed by atoms with Crippen LogP contribution in [-0.2, 0) is 11.3 Å². The van der Waals surface area contributed by atoms with Crippen LogP contribution in [0, 0.1) is 0 Å². The maximum absolute atomic E-state index is 6.28. The second kappa shape index (κ2) is 13.7. The van der Waals surface area contributed by atoms with E-state index in [1.165, 1.54) is 11.6 Å². The molecule has 168 valence electrons. The molecule has 2 rings (SSSR count). The Morgan fingerprint density at radius 2 is 1.74 bits per heavy atom. The van der Waals surface area contributed by atoms with Crippen LogP contribution in [0.1, 0.15) is 37.8 Å². The summed E-state index contributed by atoms with van der Waals surface area (Å²) in [7, 11) is 0. The van der Waals surface area contributed by atoms with Gasteiger partial charge in [-0.2, -0.15) is 0 Å². The molecule has 0 aliphatic rings. The quantitative estimate of drug-likeness (QED) is 0.168. The van der Waals surface area contributed by atoms with Crippen molar-refractivity contribution in [3.05, 3.63) is 68.1 Å². The van der Waals surface area contributed by atoms with Crippen molar-refractivity contribution in [1.29, 1.82) is 0 Å². The number of aryl methyl sites for hydroxylation is 1. The van der Waals surface area contributed by atoms with E-state index in [1.54, 1.807) is 18.3 Å². The zero-order chi connectivity index (χ0) is 22.6. The third-order valence-electron chi connectivity index (χ3n) is 4.31. The van der Waals surface area contributed by atoms with Crippen molar-refractivity contribution in [2.24, 2.45) is 5.16 Å². The van der Waals surface area contributed by atoms with Crippen LogP contribution in [0.4, 0.5) is 0 Å². The van der Waals surface area contributed by atoms with Gasteiger partial charge in [0.2, 0.25) is 0 Å². The number of benzene rings is 2. The molecule has 0 heterocycles. The van der Waals surface area contributed by atoms with Crippen LogP contribution in [0.2, 0.25) is 10.0 Å². The molecule has 0 bridgehead atoms. The molecule has 1 unspecified atom stereocenters. The van der Waals surface area contributed by atoms with E-state index >= 15 is 0 Å². The Morgan fingerprint density at radius 1 is 1.06 bits per heavy atom. The summed E-state index contributed by atoms with van der Waals surface area (Å²) in [6, 6.07) is 11.4. The number of rotatable bonds is 12. The fraction of sp³-hybridized carbons (Fsp3) is 0.348. The van der Waals surface area contributed by atoms with Gasteiger partial charge >= 0.3 is 0 Å². The maximum Gasteiger partial charge on any atom is 0.156 e. The third-order valence-corrected chi connectivity index (χ3v) is 5.18. The molecule has 0 spiro atoms. The van der Waals surface area contributed by atoms with Crippen molar-refractivity contribution in [3.8, 4) is 11.5 Å². The number of halogens is 4. The van der Waals surface area contributed by atoms with Crippen LogP contribution in [0.15, 0.2) is 52.1 Å². The van der Waals surface area contributed by atoms with E-state index in [0.29, 0.717) is 28.2 Å². The molecule has 1 atom stereocenters. The lowest BCUT2D eigenvalue weighted by Gasteiger charge is -2.12. The first-order valence-electron chi connectivity index (χ1n) is 9.93. The van der Waals surface area contributed by atoms with Crippen molar-refractivity contribution >= 4 is 52.6 Å². The summed E-state index contributed by atoms with van der Waals surface area (Å²) in [6.07, 6.45) is 5.96. The predicted octanol–water partition coefficient (Wildman–Crippen LogP) is 7.85. The summed E-state index contributed by atoms with van der Waals surface area (Å²) in [5.74, 6) is 0.945. The Bertz CT molecular complexity index is 858. The highest BCUT2D eigenvalue weighted by atomic mass is 35.5. The monoisotopic (exact) mass is 503 g/mol. The summed E-state index contributed by atoms with van der Waals surface area (Å²) in [6.45, 7) is 4.74. The first-order chi connectivity index (χ1) is 14.9. The molecule has 0 radical (unpaired) electrons. The summed E-state index contributed by atoms with van der Waals surface area (Å²) in [5.41, 5.74) is 2.20. The first kappa shape index (κ1) is 25.7. The highest BCUT2D eigenvalue weighted by Gasteiger charge is 2.10. The molecule has 2 aromatic carbocycles. The van der Waals surface area contributed by atoms with Crippen molar-refractivity contribution in [2.45, 2.75) is 39.2 Å². The van der Waals surface area contributed by atoms with E-state index < -0.39 is 0 Å². The Morgan fingerprint density at radius 3 is 2.35 bits per heavy atom. The molecule has 0 saturated heterocycles. The van der Waals surface area contributed by atoms with E-state index in [0.717, 1.165) is 24.8 Å². The van der Waals surface area contributed by atoms with Crippen molar-refractivity contribution in [3.63, 3.8) is 0 Å². The Labute approximate surface area is 203 Å². The molecule has 0 aliphatic heterocycles. The standard InChI is InChI=1S/C23H25Cl4NO3/c1-3-16(2)31-28-15-18-8-6-17(7-9-18)5-4-11-30-23-20(24)13-19(14-21(23)25)29-12-10-22(26)27/h6-10,13-16H,3-5,11-12H2,1-2H3. The molecule has 0 aliphatic carbocycles. The van der Waals surface area contributed by atoms with E-state index in [2.05, 4.69) is 24.2 Å². The summed E-state index contributed by atoms with van der Waals surface area (Å²) in [4.78, 5) is 5.31. The third kappa shape index (κ3) is 9.61. The fourth-order valence-corrected chi connectivity index (χ4v) is 3.15. The van der Waals surface area contributed by atoms with E-state index in [4.69, 9.17) is 60.7 Å². The van der Waals surface area contributed by atoms with Gasteiger partial charge in [0.15, 0.2) is 5.75 Å². The maximum atomic E-state index is 6.28. The SMILES string of the molecule is CCC(C)ON=Cc1ccc(CCCOc2c(Cl)cc(OCC=C(Cl)Cl)cc2Cl)cc1. The van der Waals surface area contributed by atoms with E-state index in [9.17, 15) is 0 Å². The molecular weight excluding hydrogens is 480 g/mol. The molecule has 2 aromatic rings. The Hall–Kier alpha value is -1.59. The lowest BCUT2D eigenvalue weighted by molar-refractivity contribution is 0.0712. The number of hydrogen-bond acceptors (Lipinski definition) is 4. The minimum atomic E-state index is 0.119. The largest absolute Gasteiger partial charge is 0.490 e. The van der Waals surface area contributed by atoms with Gasteiger partial charge in [0, 0.05) is 12.1 Å². The van der Waals surface area contributed by atoms with E-state index in [1.807, 2.05) is 19.1 Å². The van der Waals surface area contributed by atoms with Crippen LogP contribution in [-0.4, -0.2) is 25.5 Å². The zero-order valence-electron chi connectivity index (χ0n) is 17.4. The van der Waals surface area contributed by atoms with Gasteiger partial charge in [0.1, 0.15) is 23.0 Å². The number of hydrogen-bond donors (Lipinski definition) is 0. The van der Waals surface area contributed by atoms with Crippen LogP contribution < -0.4 is 9.47 Å². The lowest BCUT2D eigenvalue weighted by atomic mass is 10.1. The summed E-state index contributed by atoms with van der Waals surface area (Å²) in [5, 5.41) is 4.77. The minimum Gasteiger partial charge on any atom is -0.490 e. The smallest absolute Gasteiger partial charge is 0.156 e. The summed E-state index contributed by atoms with van der Waals surface area (Å²) >= 11 is 23.7. The highest BCUT2D eigenvalue weighted by molar-refractivity contribution is 6.55. The molecule has 0 fully saturated rings. The average molecular weight is 505 g/mol. The van der Waals surface area contributed by atoms with E-state index in [-0.39, 0.29) is 17.2 Å². The topological polar surface area (TPSA) is 40.0 Å². The van der Waals surface area contributed by atoms with Crippen molar-refractivity contribution in [1.82, 2.24) is 0 Å². The van der Waals surface area contributed by atoms with Gasteiger partial charge in [-0.25, -0.2) is 0 Å². The van der Waals surface area contributed by atoms with Gasteiger partial charge in [0.05, 0.1) is 22.9 Å². The zero-order valence-corrected chi connectivity index (χ0v) is 20.4. The van der Waals surface area contributed by atoms with Crippen LogP contribution in [0.25, 0.3) is 0 Å². The number of oxime groups is 1. The summed E-state index contributed by atoms with van der Waals surface area (Å²) < 4.78 is 11.4. The van der Waals surface area contributed by atoms with Crippen LogP contribution >= 0.6 is 46.4 Å². The Balaban J connectivity index is 1.80. The molecule has 0 aromatic heterocycles. The Kier molecular flexibility index (Phi) is 11.4. The van der Waals surface area contributed by atoms with Gasteiger partial charge in [-0.05, 0) is 43.4 Å². The fourth-order valence-electron chi connectivity index (χ4n) is 2.45. The van der Waals surface area contributed by atoms with Crippen molar-refractivity contribution in [2.75, 3.05) is 13.2 Å². The highest BCUT2D eigenvalue weighted by Crippen LogP contribution is 2.37. The minimum absolute atomic E-state index is 0.119. The van der Waals surface area contributed by atoms with Crippen LogP contribution in [0.3, 0.4) is 0 Å². The van der Waals surface area contributed by atoms with Crippen molar-refractivity contribution < 1.29 is 14.3 Å². The second-order valence-electron chi connectivity index (χ2n) is 6.77. The molecule has 8 heteroatoms. The molecular formula is C23H25Cl4NO3. The molecule has 0 saturated carbocycles. The number of nitrogens with zero attached hydrogens (tertiary/aromatic N) is 1. The lowest BCUT2D eigenvalue weighted by Crippen LogP contribution is -2.02. The van der Waals surface area contributed by atoms with Gasteiger partial charge in [-0.3, -0.25) is 0 Å². The average Bonchev–Trinajstić information content (AvgIpc) is 2.73. The van der Waals surface area contributed by atoms with Gasteiger partial charge in [0.25, 0.3) is 0 Å². The number of ether oxygens (including phenoxy) is 2. The van der Waals surface area contributed by atoms with Gasteiger partial charge < -0.3 is 14.3 Å². The van der Waals surface area contributed by atoms with Crippen LogP contribution in [0.5, 0.6) is 11.5 Å². The molecule has 0 amide bonds. The molecule has 31 heavy (non-hydrogen) atoms. The normalized spacial score (nSPS) is 11.9. The first-order valence-corrected chi connectivity index (χ1v) is 11.4. The molecule has 0 N–H and O–H groups in total.